The molecule has 0 aliphatic rings. The lowest BCUT2D eigenvalue weighted by Gasteiger charge is -2.15. The van der Waals surface area contributed by atoms with Crippen LogP contribution >= 0.6 is 11.8 Å². The molecule has 3 N–H and O–H groups in total. The molecule has 0 aromatic heterocycles. The van der Waals surface area contributed by atoms with E-state index < -0.39 is 0 Å². The van der Waals surface area contributed by atoms with Crippen LogP contribution in [0.2, 0.25) is 0 Å². The van der Waals surface area contributed by atoms with Gasteiger partial charge in [-0.25, -0.2) is 0 Å². The average Bonchev–Trinajstić information content (AvgIpc) is 2.34. The standard InChI is InChI=1S/C14H30N2OS/c1-4-5-13(8-9-15)6-7-14(17)16-10-12(2)11-18-3/h12-13H,4-11,15H2,1-3H3,(H,16,17). The third kappa shape index (κ3) is 9.77. The van der Waals surface area contributed by atoms with E-state index in [1.165, 1.54) is 12.8 Å². The first-order valence-electron chi connectivity index (χ1n) is 7.09. The van der Waals surface area contributed by atoms with Gasteiger partial charge in [-0.3, -0.25) is 4.79 Å². The third-order valence-electron chi connectivity index (χ3n) is 3.15. The van der Waals surface area contributed by atoms with Crippen LogP contribution in [-0.4, -0.2) is 31.0 Å². The fourth-order valence-corrected chi connectivity index (χ4v) is 2.82. The molecular weight excluding hydrogens is 244 g/mol. The number of rotatable bonds is 11. The fraction of sp³-hybridized carbons (Fsp3) is 0.929. The van der Waals surface area contributed by atoms with E-state index in [2.05, 4.69) is 25.4 Å². The molecule has 2 unspecified atom stereocenters. The highest BCUT2D eigenvalue weighted by atomic mass is 32.2. The van der Waals surface area contributed by atoms with Crippen LogP contribution in [0.3, 0.4) is 0 Å². The molecule has 0 rings (SSSR count). The summed E-state index contributed by atoms with van der Waals surface area (Å²) in [4.78, 5) is 11.7. The second-order valence-electron chi connectivity index (χ2n) is 5.14. The first kappa shape index (κ1) is 17.8. The van der Waals surface area contributed by atoms with E-state index in [1.54, 1.807) is 0 Å². The lowest BCUT2D eigenvalue weighted by atomic mass is 9.94. The first-order chi connectivity index (χ1) is 8.63. The zero-order valence-electron chi connectivity index (χ0n) is 12.2. The molecule has 0 aromatic rings. The topological polar surface area (TPSA) is 55.1 Å². The summed E-state index contributed by atoms with van der Waals surface area (Å²) in [5.74, 6) is 2.47. The maximum absolute atomic E-state index is 11.7. The van der Waals surface area contributed by atoms with Gasteiger partial charge in [0.25, 0.3) is 0 Å². The Morgan fingerprint density at radius 2 is 2.06 bits per heavy atom. The molecule has 2 atom stereocenters. The molecule has 18 heavy (non-hydrogen) atoms. The van der Waals surface area contributed by atoms with Crippen molar-refractivity contribution in [3.05, 3.63) is 0 Å². The van der Waals surface area contributed by atoms with E-state index in [0.717, 1.165) is 31.7 Å². The summed E-state index contributed by atoms with van der Waals surface area (Å²) in [6.45, 7) is 5.89. The van der Waals surface area contributed by atoms with Crippen LogP contribution in [0.4, 0.5) is 0 Å². The van der Waals surface area contributed by atoms with E-state index in [4.69, 9.17) is 5.73 Å². The van der Waals surface area contributed by atoms with Crippen molar-refractivity contribution in [3.8, 4) is 0 Å². The highest BCUT2D eigenvalue weighted by Crippen LogP contribution is 2.16. The van der Waals surface area contributed by atoms with Crippen molar-refractivity contribution < 1.29 is 4.79 Å². The second-order valence-corrected chi connectivity index (χ2v) is 6.05. The molecule has 0 radical (unpaired) electrons. The first-order valence-corrected chi connectivity index (χ1v) is 8.49. The summed E-state index contributed by atoms with van der Waals surface area (Å²) in [6, 6.07) is 0. The highest BCUT2D eigenvalue weighted by Gasteiger charge is 2.10. The zero-order valence-corrected chi connectivity index (χ0v) is 13.0. The molecule has 1 amide bonds. The van der Waals surface area contributed by atoms with Crippen molar-refractivity contribution in [1.29, 1.82) is 0 Å². The summed E-state index contributed by atoms with van der Waals surface area (Å²) in [5, 5.41) is 3.02. The van der Waals surface area contributed by atoms with E-state index in [-0.39, 0.29) is 5.91 Å². The molecule has 0 saturated heterocycles. The number of carbonyl (C=O) groups is 1. The summed E-state index contributed by atoms with van der Waals surface area (Å²) in [5.41, 5.74) is 5.59. The van der Waals surface area contributed by atoms with Crippen molar-refractivity contribution in [1.82, 2.24) is 5.32 Å². The maximum Gasteiger partial charge on any atom is 0.220 e. The zero-order chi connectivity index (χ0) is 13.8. The fourth-order valence-electron chi connectivity index (χ4n) is 2.13. The Bertz CT molecular complexity index is 206. The molecule has 0 saturated carbocycles. The van der Waals surface area contributed by atoms with Gasteiger partial charge >= 0.3 is 0 Å². The molecule has 4 heteroatoms. The summed E-state index contributed by atoms with van der Waals surface area (Å²) in [6.07, 6.45) is 7.14. The predicted molar refractivity (Wildman–Crippen MR) is 81.9 cm³/mol. The average molecular weight is 274 g/mol. The van der Waals surface area contributed by atoms with Gasteiger partial charge in [-0.05, 0) is 43.2 Å². The number of nitrogens with one attached hydrogen (secondary N) is 1. The van der Waals surface area contributed by atoms with Gasteiger partial charge < -0.3 is 11.1 Å². The van der Waals surface area contributed by atoms with Crippen LogP contribution in [-0.2, 0) is 4.79 Å². The number of nitrogens with two attached hydrogens (primary N) is 1. The van der Waals surface area contributed by atoms with Gasteiger partial charge in [0.05, 0.1) is 0 Å². The number of amides is 1. The van der Waals surface area contributed by atoms with Crippen molar-refractivity contribution in [2.75, 3.05) is 25.1 Å². The van der Waals surface area contributed by atoms with Gasteiger partial charge in [0.1, 0.15) is 0 Å². The van der Waals surface area contributed by atoms with E-state index in [1.807, 2.05) is 11.8 Å². The van der Waals surface area contributed by atoms with E-state index in [0.29, 0.717) is 18.3 Å². The number of carbonyl (C=O) groups excluding carboxylic acids is 1. The smallest absolute Gasteiger partial charge is 0.220 e. The minimum Gasteiger partial charge on any atom is -0.356 e. The van der Waals surface area contributed by atoms with E-state index >= 15 is 0 Å². The van der Waals surface area contributed by atoms with Crippen LogP contribution in [0.5, 0.6) is 0 Å². The normalized spacial score (nSPS) is 14.2. The van der Waals surface area contributed by atoms with Gasteiger partial charge in [-0.2, -0.15) is 11.8 Å². The molecule has 0 aromatic carbocycles. The third-order valence-corrected chi connectivity index (χ3v) is 4.05. The SMILES string of the molecule is CCCC(CCN)CCC(=O)NCC(C)CSC. The quantitative estimate of drug-likeness (QED) is 0.609. The largest absolute Gasteiger partial charge is 0.356 e. The summed E-state index contributed by atoms with van der Waals surface area (Å²) < 4.78 is 0. The Kier molecular flexibility index (Phi) is 11.7. The highest BCUT2D eigenvalue weighted by molar-refractivity contribution is 7.98. The lowest BCUT2D eigenvalue weighted by Crippen LogP contribution is -2.29. The van der Waals surface area contributed by atoms with Crippen molar-refractivity contribution in [2.24, 2.45) is 17.6 Å². The number of thioether (sulfide) groups is 1. The maximum atomic E-state index is 11.7. The van der Waals surface area contributed by atoms with Crippen LogP contribution in [0.15, 0.2) is 0 Å². The second kappa shape index (κ2) is 11.8. The van der Waals surface area contributed by atoms with Gasteiger partial charge in [-0.15, -0.1) is 0 Å². The molecule has 108 valence electrons. The Morgan fingerprint density at radius 3 is 2.61 bits per heavy atom. The van der Waals surface area contributed by atoms with Crippen LogP contribution in [0.25, 0.3) is 0 Å². The minimum atomic E-state index is 0.195. The molecule has 0 aliphatic heterocycles. The van der Waals surface area contributed by atoms with Crippen molar-refractivity contribution >= 4 is 17.7 Å². The molecule has 0 aliphatic carbocycles. The number of hydrogen-bond donors (Lipinski definition) is 2. The predicted octanol–water partition coefficient (Wildman–Crippen LogP) is 2.65. The molecule has 0 heterocycles. The monoisotopic (exact) mass is 274 g/mol. The van der Waals surface area contributed by atoms with Gasteiger partial charge in [0.2, 0.25) is 5.91 Å². The molecule has 3 nitrogen and oxygen atoms in total. The molecular formula is C14H30N2OS. The summed E-state index contributed by atoms with van der Waals surface area (Å²) in [7, 11) is 0. The Balaban J connectivity index is 3.72. The molecule has 0 spiro atoms. The minimum absolute atomic E-state index is 0.195. The number of hydrogen-bond acceptors (Lipinski definition) is 3. The summed E-state index contributed by atoms with van der Waals surface area (Å²) >= 11 is 1.83. The van der Waals surface area contributed by atoms with Crippen molar-refractivity contribution in [2.45, 2.75) is 46.0 Å². The Morgan fingerprint density at radius 1 is 1.33 bits per heavy atom. The van der Waals surface area contributed by atoms with Gasteiger partial charge in [0.15, 0.2) is 0 Å². The van der Waals surface area contributed by atoms with Crippen LogP contribution in [0, 0.1) is 11.8 Å². The molecule has 0 bridgehead atoms. The Hall–Kier alpha value is -0.220. The Labute approximate surface area is 117 Å². The van der Waals surface area contributed by atoms with Gasteiger partial charge in [-0.1, -0.05) is 26.7 Å². The molecule has 0 fully saturated rings. The van der Waals surface area contributed by atoms with Gasteiger partial charge in [0, 0.05) is 13.0 Å². The van der Waals surface area contributed by atoms with Crippen LogP contribution < -0.4 is 11.1 Å². The van der Waals surface area contributed by atoms with E-state index in [9.17, 15) is 4.79 Å². The van der Waals surface area contributed by atoms with Crippen molar-refractivity contribution in [3.63, 3.8) is 0 Å². The lowest BCUT2D eigenvalue weighted by molar-refractivity contribution is -0.121. The van der Waals surface area contributed by atoms with Crippen LogP contribution in [0.1, 0.15) is 46.0 Å².